The summed E-state index contributed by atoms with van der Waals surface area (Å²) in [6.45, 7) is 6.00. The van der Waals surface area contributed by atoms with Crippen LogP contribution in [0.25, 0.3) is 16.6 Å². The van der Waals surface area contributed by atoms with Crippen molar-refractivity contribution in [3.63, 3.8) is 0 Å². The second-order valence-electron chi connectivity index (χ2n) is 3.50. The summed E-state index contributed by atoms with van der Waals surface area (Å²) in [4.78, 5) is 18.6. The lowest BCUT2D eigenvalue weighted by atomic mass is 10.2. The number of H-pyrrole nitrogens is 1. The van der Waals surface area contributed by atoms with E-state index in [1.54, 1.807) is 16.8 Å². The Morgan fingerprint density at radius 1 is 1.29 bits per heavy atom. The highest BCUT2D eigenvalue weighted by Crippen LogP contribution is 2.21. The molecule has 3 rings (SSSR count). The van der Waals surface area contributed by atoms with Gasteiger partial charge in [0.25, 0.3) is 0 Å². The van der Waals surface area contributed by atoms with Crippen LogP contribution in [-0.4, -0.2) is 14.4 Å². The molecule has 3 heterocycles. The van der Waals surface area contributed by atoms with Gasteiger partial charge in [-0.05, 0) is 30.7 Å². The number of rotatable bonds is 0. The van der Waals surface area contributed by atoms with E-state index in [0.29, 0.717) is 5.65 Å². The first-order chi connectivity index (χ1) is 8.29. The molecule has 0 aliphatic carbocycles. The van der Waals surface area contributed by atoms with E-state index in [1.807, 2.05) is 39.0 Å². The van der Waals surface area contributed by atoms with Crippen LogP contribution in [0.15, 0.2) is 35.4 Å². The van der Waals surface area contributed by atoms with Crippen LogP contribution in [-0.2, 0) is 0 Å². The minimum absolute atomic E-state index is 0.149. The Bertz CT molecular complexity index is 709. The van der Waals surface area contributed by atoms with Crippen molar-refractivity contribution in [3.8, 4) is 0 Å². The van der Waals surface area contributed by atoms with Crippen LogP contribution in [0, 0.1) is 6.92 Å². The first-order valence-electron chi connectivity index (χ1n) is 5.72. The molecule has 0 aromatic carbocycles. The minimum Gasteiger partial charge on any atom is -0.314 e. The molecule has 3 aromatic rings. The van der Waals surface area contributed by atoms with Crippen LogP contribution in [0.5, 0.6) is 0 Å². The third kappa shape index (κ3) is 1.62. The van der Waals surface area contributed by atoms with Gasteiger partial charge in [-0.3, -0.25) is 0 Å². The maximum atomic E-state index is 11.7. The maximum absolute atomic E-state index is 11.7. The van der Waals surface area contributed by atoms with Gasteiger partial charge in [-0.2, -0.15) is 0 Å². The Morgan fingerprint density at radius 3 is 2.82 bits per heavy atom. The molecule has 88 valence electrons. The molecule has 0 aliphatic heterocycles. The molecule has 0 radical (unpaired) electrons. The van der Waals surface area contributed by atoms with Crippen molar-refractivity contribution in [1.29, 1.82) is 0 Å². The molecule has 1 N–H and O–H groups in total. The lowest BCUT2D eigenvalue weighted by molar-refractivity contribution is 1.02. The number of fused-ring (bicyclic) bond motifs is 3. The van der Waals surface area contributed by atoms with Crippen LogP contribution in [0.3, 0.4) is 0 Å². The Kier molecular flexibility index (Phi) is 2.95. The van der Waals surface area contributed by atoms with E-state index in [-0.39, 0.29) is 5.69 Å². The van der Waals surface area contributed by atoms with E-state index in [9.17, 15) is 4.79 Å². The molecule has 0 aliphatic rings. The fourth-order valence-electron chi connectivity index (χ4n) is 1.95. The van der Waals surface area contributed by atoms with Gasteiger partial charge in [-0.15, -0.1) is 0 Å². The standard InChI is InChI=1S/C11H9N3O.C2H6/c1-7-8-3-2-5-12-10(8)14-9(7)4-6-13-11(14)15;1-2/h2-6H,1H3,(H,13,15);1-2H3. The molecule has 0 fully saturated rings. The summed E-state index contributed by atoms with van der Waals surface area (Å²) in [7, 11) is 0. The van der Waals surface area contributed by atoms with E-state index in [1.165, 1.54) is 0 Å². The van der Waals surface area contributed by atoms with E-state index < -0.39 is 0 Å². The second kappa shape index (κ2) is 4.41. The van der Waals surface area contributed by atoms with E-state index in [0.717, 1.165) is 16.5 Å². The summed E-state index contributed by atoms with van der Waals surface area (Å²) in [5.74, 6) is 0. The average molecular weight is 229 g/mol. The van der Waals surface area contributed by atoms with Crippen molar-refractivity contribution in [3.05, 3.63) is 46.6 Å². The van der Waals surface area contributed by atoms with Crippen molar-refractivity contribution < 1.29 is 0 Å². The first-order valence-corrected chi connectivity index (χ1v) is 5.72. The smallest absolute Gasteiger partial charge is 0.314 e. The zero-order valence-electron chi connectivity index (χ0n) is 10.2. The molecular weight excluding hydrogens is 214 g/mol. The molecule has 4 heteroatoms. The number of aryl methyl sites for hydroxylation is 1. The van der Waals surface area contributed by atoms with Gasteiger partial charge in [0, 0.05) is 17.8 Å². The third-order valence-corrected chi connectivity index (χ3v) is 2.68. The van der Waals surface area contributed by atoms with Crippen LogP contribution < -0.4 is 5.69 Å². The molecular formula is C13H15N3O. The number of aromatic nitrogens is 3. The molecule has 0 spiro atoms. The van der Waals surface area contributed by atoms with Crippen molar-refractivity contribution in [1.82, 2.24) is 14.4 Å². The zero-order valence-corrected chi connectivity index (χ0v) is 10.2. The molecule has 3 aromatic heterocycles. The third-order valence-electron chi connectivity index (χ3n) is 2.68. The molecule has 0 atom stereocenters. The van der Waals surface area contributed by atoms with E-state index >= 15 is 0 Å². The van der Waals surface area contributed by atoms with Crippen LogP contribution in [0.2, 0.25) is 0 Å². The number of pyridine rings is 1. The molecule has 0 saturated heterocycles. The van der Waals surface area contributed by atoms with Gasteiger partial charge >= 0.3 is 5.69 Å². The lowest BCUT2D eigenvalue weighted by Gasteiger charge is -1.93. The molecule has 0 amide bonds. The first kappa shape index (κ1) is 11.4. The van der Waals surface area contributed by atoms with Crippen molar-refractivity contribution in [2.45, 2.75) is 20.8 Å². The predicted molar refractivity (Wildman–Crippen MR) is 69.4 cm³/mol. The quantitative estimate of drug-likeness (QED) is 0.644. The molecule has 0 unspecified atom stereocenters. The van der Waals surface area contributed by atoms with E-state index in [4.69, 9.17) is 0 Å². The minimum atomic E-state index is -0.149. The lowest BCUT2D eigenvalue weighted by Crippen LogP contribution is -2.14. The molecule has 4 nitrogen and oxygen atoms in total. The Morgan fingerprint density at radius 2 is 2.06 bits per heavy atom. The van der Waals surface area contributed by atoms with Crippen molar-refractivity contribution >= 4 is 16.6 Å². The van der Waals surface area contributed by atoms with Gasteiger partial charge in [0.2, 0.25) is 0 Å². The summed E-state index contributed by atoms with van der Waals surface area (Å²) in [5.41, 5.74) is 2.56. The van der Waals surface area contributed by atoms with Crippen LogP contribution in [0.1, 0.15) is 19.4 Å². The summed E-state index contributed by atoms with van der Waals surface area (Å²) >= 11 is 0. The predicted octanol–water partition coefficient (Wildman–Crippen LogP) is 2.51. The van der Waals surface area contributed by atoms with Crippen LogP contribution >= 0.6 is 0 Å². The number of aromatic amines is 1. The topological polar surface area (TPSA) is 50.2 Å². The average Bonchev–Trinajstić information content (AvgIpc) is 2.68. The molecule has 17 heavy (non-hydrogen) atoms. The number of nitrogens with one attached hydrogen (secondary N) is 1. The van der Waals surface area contributed by atoms with Crippen molar-refractivity contribution in [2.75, 3.05) is 0 Å². The van der Waals surface area contributed by atoms with Gasteiger partial charge < -0.3 is 4.98 Å². The maximum Gasteiger partial charge on any atom is 0.331 e. The van der Waals surface area contributed by atoms with Crippen LogP contribution in [0.4, 0.5) is 0 Å². The Hall–Kier alpha value is -2.10. The van der Waals surface area contributed by atoms with Crippen molar-refractivity contribution in [2.24, 2.45) is 0 Å². The summed E-state index contributed by atoms with van der Waals surface area (Å²) in [5, 5.41) is 1.02. The monoisotopic (exact) mass is 229 g/mol. The molecule has 0 saturated carbocycles. The normalized spacial score (nSPS) is 10.3. The summed E-state index contributed by atoms with van der Waals surface area (Å²) < 4.78 is 1.60. The van der Waals surface area contributed by atoms with E-state index in [2.05, 4.69) is 9.97 Å². The molecule has 0 bridgehead atoms. The fourth-order valence-corrected chi connectivity index (χ4v) is 1.95. The number of nitrogens with zero attached hydrogens (tertiary/aromatic N) is 2. The zero-order chi connectivity index (χ0) is 12.4. The number of hydrogen-bond donors (Lipinski definition) is 1. The SMILES string of the molecule is CC.Cc1c2cccnc2n2c(=O)[nH]ccc12. The fraction of sp³-hybridized carbons (Fsp3) is 0.231. The van der Waals surface area contributed by atoms with Gasteiger partial charge in [-0.25, -0.2) is 14.2 Å². The Labute approximate surface area is 98.9 Å². The highest BCUT2D eigenvalue weighted by atomic mass is 16.1. The van der Waals surface area contributed by atoms with Gasteiger partial charge in [0.1, 0.15) is 5.65 Å². The van der Waals surface area contributed by atoms with Gasteiger partial charge in [-0.1, -0.05) is 13.8 Å². The summed E-state index contributed by atoms with van der Waals surface area (Å²) in [6, 6.07) is 5.74. The highest BCUT2D eigenvalue weighted by molar-refractivity contribution is 5.88. The highest BCUT2D eigenvalue weighted by Gasteiger charge is 2.09. The van der Waals surface area contributed by atoms with Gasteiger partial charge in [0.15, 0.2) is 0 Å². The Balaban J connectivity index is 0.000000514. The summed E-state index contributed by atoms with van der Waals surface area (Å²) in [6.07, 6.45) is 3.35. The van der Waals surface area contributed by atoms with Gasteiger partial charge in [0.05, 0.1) is 5.52 Å². The second-order valence-corrected chi connectivity index (χ2v) is 3.50. The number of hydrogen-bond acceptors (Lipinski definition) is 2. The largest absolute Gasteiger partial charge is 0.331 e.